The highest BCUT2D eigenvalue weighted by Crippen LogP contribution is 2.21. The Morgan fingerprint density at radius 2 is 2.47 bits per heavy atom. The van der Waals surface area contributed by atoms with E-state index >= 15 is 0 Å². The lowest BCUT2D eigenvalue weighted by Crippen LogP contribution is -2.46. The number of hydrogen-bond donors (Lipinski definition) is 2. The summed E-state index contributed by atoms with van der Waals surface area (Å²) in [5, 5.41) is 0.678. The highest BCUT2D eigenvalue weighted by molar-refractivity contribution is 7.91. The first-order valence-electron chi connectivity index (χ1n) is 5.36. The predicted molar refractivity (Wildman–Crippen MR) is 68.4 cm³/mol. The largest absolute Gasteiger partial charge is 0.300 e. The van der Waals surface area contributed by atoms with Crippen LogP contribution < -0.4 is 11.3 Å². The molecule has 1 aromatic rings. The van der Waals surface area contributed by atoms with Crippen LogP contribution in [0.4, 0.5) is 5.13 Å². The van der Waals surface area contributed by atoms with E-state index in [2.05, 4.69) is 15.3 Å². The molecule has 2 heterocycles. The lowest BCUT2D eigenvalue weighted by Gasteiger charge is -2.32. The molecule has 3 N–H and O–H groups in total. The first-order chi connectivity index (χ1) is 8.00. The monoisotopic (exact) mass is 276 g/mol. The number of anilines is 1. The number of aromatic nitrogens is 1. The zero-order valence-corrected chi connectivity index (χ0v) is 11.2. The van der Waals surface area contributed by atoms with Crippen molar-refractivity contribution in [3.63, 3.8) is 0 Å². The smallest absolute Gasteiger partial charge is 0.197 e. The van der Waals surface area contributed by atoms with Crippen molar-refractivity contribution in [3.8, 4) is 0 Å². The average Bonchev–Trinajstić information content (AvgIpc) is 2.69. The van der Waals surface area contributed by atoms with Crippen LogP contribution in [-0.2, 0) is 16.4 Å². The average molecular weight is 276 g/mol. The second kappa shape index (κ2) is 4.89. The third-order valence-corrected chi connectivity index (χ3v) is 5.55. The maximum absolute atomic E-state index is 11.4. The quantitative estimate of drug-likeness (QED) is 0.599. The Kier molecular flexibility index (Phi) is 3.67. The molecule has 2 rings (SSSR count). The molecular formula is C9H16N4O2S2. The summed E-state index contributed by atoms with van der Waals surface area (Å²) in [5.74, 6) is 5.76. The lowest BCUT2D eigenvalue weighted by atomic mass is 10.3. The molecule has 1 saturated heterocycles. The van der Waals surface area contributed by atoms with E-state index in [1.807, 2.05) is 6.92 Å². The van der Waals surface area contributed by atoms with Gasteiger partial charge in [0.05, 0.1) is 11.5 Å². The van der Waals surface area contributed by atoms with Crippen LogP contribution in [0.1, 0.15) is 11.8 Å². The highest BCUT2D eigenvalue weighted by atomic mass is 32.2. The minimum absolute atomic E-state index is 0.0603. The molecule has 1 unspecified atom stereocenters. The first kappa shape index (κ1) is 12.7. The van der Waals surface area contributed by atoms with Crippen molar-refractivity contribution in [2.75, 3.05) is 23.5 Å². The SMILES string of the molecule is CC1CS(=O)(=O)CCN1Cc1cnc(NN)s1. The Labute approximate surface area is 105 Å². The Morgan fingerprint density at radius 3 is 3.06 bits per heavy atom. The topological polar surface area (TPSA) is 88.3 Å². The molecule has 1 aromatic heterocycles. The molecular weight excluding hydrogens is 260 g/mol. The molecule has 6 nitrogen and oxygen atoms in total. The molecule has 96 valence electrons. The maximum Gasteiger partial charge on any atom is 0.197 e. The van der Waals surface area contributed by atoms with Crippen LogP contribution in [0.15, 0.2) is 6.20 Å². The van der Waals surface area contributed by atoms with Gasteiger partial charge in [-0.3, -0.25) is 10.3 Å². The summed E-state index contributed by atoms with van der Waals surface area (Å²) >= 11 is 1.49. The van der Waals surface area contributed by atoms with E-state index in [1.54, 1.807) is 6.20 Å². The van der Waals surface area contributed by atoms with Crippen LogP contribution >= 0.6 is 11.3 Å². The third kappa shape index (κ3) is 3.15. The fraction of sp³-hybridized carbons (Fsp3) is 0.667. The van der Waals surface area contributed by atoms with Gasteiger partial charge < -0.3 is 0 Å². The summed E-state index contributed by atoms with van der Waals surface area (Å²) in [5.41, 5.74) is 2.50. The first-order valence-corrected chi connectivity index (χ1v) is 8.00. The van der Waals surface area contributed by atoms with Crippen LogP contribution in [0, 0.1) is 0 Å². The zero-order valence-electron chi connectivity index (χ0n) is 9.59. The van der Waals surface area contributed by atoms with Gasteiger partial charge in [0.1, 0.15) is 0 Å². The van der Waals surface area contributed by atoms with Crippen LogP contribution in [0.3, 0.4) is 0 Å². The van der Waals surface area contributed by atoms with Crippen LogP contribution in [0.5, 0.6) is 0 Å². The Bertz CT molecular complexity index is 485. The molecule has 0 aromatic carbocycles. The molecule has 0 bridgehead atoms. The van der Waals surface area contributed by atoms with E-state index in [0.29, 0.717) is 11.7 Å². The summed E-state index contributed by atoms with van der Waals surface area (Å²) in [6.07, 6.45) is 1.77. The molecule has 1 aliphatic heterocycles. The fourth-order valence-corrected chi connectivity index (χ4v) is 4.29. The number of hydrazine groups is 1. The van der Waals surface area contributed by atoms with Crippen molar-refractivity contribution < 1.29 is 8.42 Å². The summed E-state index contributed by atoms with van der Waals surface area (Å²) in [4.78, 5) is 7.34. The minimum atomic E-state index is -2.84. The number of sulfone groups is 1. The molecule has 1 aliphatic rings. The second-order valence-electron chi connectivity index (χ2n) is 4.21. The number of nitrogen functional groups attached to an aromatic ring is 1. The zero-order chi connectivity index (χ0) is 12.5. The lowest BCUT2D eigenvalue weighted by molar-refractivity contribution is 0.220. The van der Waals surface area contributed by atoms with E-state index < -0.39 is 9.84 Å². The maximum atomic E-state index is 11.4. The van der Waals surface area contributed by atoms with Gasteiger partial charge in [-0.15, -0.1) is 0 Å². The number of hydrogen-bond acceptors (Lipinski definition) is 7. The fourth-order valence-electron chi connectivity index (χ4n) is 1.92. The van der Waals surface area contributed by atoms with Crippen molar-refractivity contribution in [2.24, 2.45) is 5.84 Å². The van der Waals surface area contributed by atoms with Crippen molar-refractivity contribution in [2.45, 2.75) is 19.5 Å². The van der Waals surface area contributed by atoms with Gasteiger partial charge in [-0.25, -0.2) is 19.2 Å². The van der Waals surface area contributed by atoms with Gasteiger partial charge in [0, 0.05) is 30.2 Å². The summed E-state index contributed by atoms with van der Waals surface area (Å²) in [6.45, 7) is 3.27. The number of nitrogens with two attached hydrogens (primary N) is 1. The van der Waals surface area contributed by atoms with Crippen molar-refractivity contribution >= 4 is 26.3 Å². The molecule has 0 amide bonds. The van der Waals surface area contributed by atoms with Gasteiger partial charge in [0.15, 0.2) is 15.0 Å². The third-order valence-electron chi connectivity index (χ3n) is 2.84. The van der Waals surface area contributed by atoms with Gasteiger partial charge >= 0.3 is 0 Å². The van der Waals surface area contributed by atoms with Gasteiger partial charge in [0.25, 0.3) is 0 Å². The molecule has 0 aliphatic carbocycles. The van der Waals surface area contributed by atoms with Crippen molar-refractivity contribution in [1.82, 2.24) is 9.88 Å². The van der Waals surface area contributed by atoms with E-state index in [4.69, 9.17) is 5.84 Å². The number of nitrogens with one attached hydrogen (secondary N) is 1. The van der Waals surface area contributed by atoms with Gasteiger partial charge in [-0.2, -0.15) is 0 Å². The summed E-state index contributed by atoms with van der Waals surface area (Å²) < 4.78 is 22.9. The molecule has 17 heavy (non-hydrogen) atoms. The standard InChI is InChI=1S/C9H16N4O2S2/c1-7-6-17(14,15)3-2-13(7)5-8-4-11-9(12-10)16-8/h4,7H,2-3,5-6,10H2,1H3,(H,11,12). The van der Waals surface area contributed by atoms with Crippen molar-refractivity contribution in [1.29, 1.82) is 0 Å². The van der Waals surface area contributed by atoms with Crippen LogP contribution in [0.25, 0.3) is 0 Å². The number of thiazole rings is 1. The number of nitrogens with zero attached hydrogens (tertiary/aromatic N) is 2. The Hall–Kier alpha value is -0.700. The summed E-state index contributed by atoms with van der Waals surface area (Å²) in [7, 11) is -2.84. The molecule has 1 atom stereocenters. The molecule has 8 heteroatoms. The molecule has 0 spiro atoms. The molecule has 0 radical (unpaired) electrons. The number of rotatable bonds is 3. The van der Waals surface area contributed by atoms with Crippen molar-refractivity contribution in [3.05, 3.63) is 11.1 Å². The van der Waals surface area contributed by atoms with E-state index in [9.17, 15) is 8.42 Å². The summed E-state index contributed by atoms with van der Waals surface area (Å²) in [6, 6.07) is 0.0603. The van der Waals surface area contributed by atoms with Gasteiger partial charge in [-0.1, -0.05) is 11.3 Å². The predicted octanol–water partition coefficient (Wildman–Crippen LogP) is 0.0476. The van der Waals surface area contributed by atoms with E-state index in [0.717, 1.165) is 11.4 Å². The Morgan fingerprint density at radius 1 is 1.71 bits per heavy atom. The molecule has 0 saturated carbocycles. The minimum Gasteiger partial charge on any atom is -0.300 e. The molecule has 1 fully saturated rings. The van der Waals surface area contributed by atoms with Gasteiger partial charge in [0.2, 0.25) is 0 Å². The van der Waals surface area contributed by atoms with E-state index in [1.165, 1.54) is 11.3 Å². The second-order valence-corrected chi connectivity index (χ2v) is 7.55. The normalized spacial score (nSPS) is 24.7. The van der Waals surface area contributed by atoms with Gasteiger partial charge in [-0.05, 0) is 6.92 Å². The van der Waals surface area contributed by atoms with Crippen LogP contribution in [0.2, 0.25) is 0 Å². The Balaban J connectivity index is 2.00. The highest BCUT2D eigenvalue weighted by Gasteiger charge is 2.28. The van der Waals surface area contributed by atoms with Crippen LogP contribution in [-0.4, -0.2) is 42.4 Å². The van der Waals surface area contributed by atoms with E-state index in [-0.39, 0.29) is 17.5 Å².